The van der Waals surface area contributed by atoms with Gasteiger partial charge < -0.3 is 20.4 Å². The second-order valence-corrected chi connectivity index (χ2v) is 2.17. The van der Waals surface area contributed by atoms with Crippen LogP contribution >= 0.6 is 0 Å². The van der Waals surface area contributed by atoms with Crippen LogP contribution in [-0.4, -0.2) is 26.4 Å². The number of phenols is 3. The van der Waals surface area contributed by atoms with E-state index in [-0.39, 0.29) is 5.56 Å². The fraction of sp³-hybridized carbons (Fsp3) is 0. The molecule has 1 rings (SSSR count). The SMILES string of the molecule is O=C(O)c1cc(O)c(O)c(O)c1.O=O. The van der Waals surface area contributed by atoms with Crippen molar-refractivity contribution < 1.29 is 25.2 Å². The molecule has 0 aliphatic heterocycles. The molecule has 0 saturated carbocycles. The van der Waals surface area contributed by atoms with Crippen LogP contribution in [0.2, 0.25) is 0 Å². The summed E-state index contributed by atoms with van der Waals surface area (Å²) >= 11 is 0. The van der Waals surface area contributed by atoms with Gasteiger partial charge in [-0.05, 0) is 12.1 Å². The van der Waals surface area contributed by atoms with Crippen LogP contribution in [0.1, 0.15) is 10.4 Å². The Hall–Kier alpha value is -2.31. The van der Waals surface area contributed by atoms with E-state index in [1.54, 1.807) is 0 Å². The maximum Gasteiger partial charge on any atom is 0.335 e. The van der Waals surface area contributed by atoms with Gasteiger partial charge in [0, 0.05) is 9.93 Å². The molecule has 0 amide bonds. The first-order valence-electron chi connectivity index (χ1n) is 3.17. The van der Waals surface area contributed by atoms with E-state index in [9.17, 15) is 4.79 Å². The van der Waals surface area contributed by atoms with Crippen molar-refractivity contribution >= 4 is 5.97 Å². The molecule has 4 N–H and O–H groups in total. The van der Waals surface area contributed by atoms with Crippen LogP contribution in [0.25, 0.3) is 0 Å². The molecule has 14 heavy (non-hydrogen) atoms. The summed E-state index contributed by atoms with van der Waals surface area (Å²) in [6.07, 6.45) is 0. The minimum atomic E-state index is -1.29. The molecule has 0 bridgehead atoms. The summed E-state index contributed by atoms with van der Waals surface area (Å²) in [4.78, 5) is 24.3. The minimum Gasteiger partial charge on any atom is -0.504 e. The van der Waals surface area contributed by atoms with Crippen LogP contribution in [0.4, 0.5) is 0 Å². The van der Waals surface area contributed by atoms with E-state index in [0.29, 0.717) is 0 Å². The predicted molar refractivity (Wildman–Crippen MR) is 45.1 cm³/mol. The van der Waals surface area contributed by atoms with Gasteiger partial charge in [-0.3, -0.25) is 0 Å². The zero-order chi connectivity index (χ0) is 11.3. The molecule has 1 aromatic carbocycles. The number of phenolic OH excluding ortho intramolecular Hbond substituents is 3. The average molecular weight is 202 g/mol. The number of carbonyl (C=O) groups is 1. The lowest BCUT2D eigenvalue weighted by Crippen LogP contribution is -1.95. The maximum absolute atomic E-state index is 10.3. The zero-order valence-electron chi connectivity index (χ0n) is 6.67. The zero-order valence-corrected chi connectivity index (χ0v) is 6.67. The number of aromatic carboxylic acids is 1. The molecule has 0 aromatic heterocycles. The van der Waals surface area contributed by atoms with E-state index in [1.807, 2.05) is 0 Å². The maximum atomic E-state index is 10.3. The van der Waals surface area contributed by atoms with Gasteiger partial charge in [-0.15, -0.1) is 0 Å². The first-order valence-corrected chi connectivity index (χ1v) is 3.17. The van der Waals surface area contributed by atoms with Crippen molar-refractivity contribution in [1.29, 1.82) is 0 Å². The number of carboxylic acids is 1. The lowest BCUT2D eigenvalue weighted by atomic mass is 10.2. The Bertz CT molecular complexity index is 323. The Morgan fingerprint density at radius 3 is 1.64 bits per heavy atom. The number of aromatic hydroxyl groups is 3. The summed E-state index contributed by atoms with van der Waals surface area (Å²) in [7, 11) is 0. The molecule has 0 saturated heterocycles. The summed E-state index contributed by atoms with van der Waals surface area (Å²) in [5, 5.41) is 35.0. The fourth-order valence-corrected chi connectivity index (χ4v) is 0.728. The van der Waals surface area contributed by atoms with E-state index in [0.717, 1.165) is 12.1 Å². The quantitative estimate of drug-likeness (QED) is 0.489. The molecular formula is C7H6O7. The van der Waals surface area contributed by atoms with Crippen LogP contribution in [0, 0.1) is 9.93 Å². The Morgan fingerprint density at radius 1 is 1.00 bits per heavy atom. The van der Waals surface area contributed by atoms with Crippen molar-refractivity contribution in [3.8, 4) is 17.2 Å². The number of hydrogen-bond donors (Lipinski definition) is 4. The summed E-state index contributed by atoms with van der Waals surface area (Å²) in [5.41, 5.74) is -0.289. The van der Waals surface area contributed by atoms with E-state index in [1.165, 1.54) is 0 Å². The van der Waals surface area contributed by atoms with Gasteiger partial charge in [0.2, 0.25) is 0 Å². The molecular weight excluding hydrogens is 196 g/mol. The van der Waals surface area contributed by atoms with Gasteiger partial charge in [-0.2, -0.15) is 0 Å². The van der Waals surface area contributed by atoms with Crippen molar-refractivity contribution in [1.82, 2.24) is 0 Å². The number of benzene rings is 1. The normalized spacial score (nSPS) is 8.57. The largest absolute Gasteiger partial charge is 0.504 e. The molecule has 7 heteroatoms. The van der Waals surface area contributed by atoms with Gasteiger partial charge >= 0.3 is 5.97 Å². The summed E-state index contributed by atoms with van der Waals surface area (Å²) < 4.78 is 0. The second-order valence-electron chi connectivity index (χ2n) is 2.17. The monoisotopic (exact) mass is 202 g/mol. The number of carboxylic acid groups (broad SMARTS) is 1. The number of hydrogen-bond acceptors (Lipinski definition) is 6. The van der Waals surface area contributed by atoms with Crippen LogP contribution in [0.3, 0.4) is 0 Å². The Balaban J connectivity index is 0.000000791. The first-order chi connectivity index (χ1) is 6.52. The molecule has 0 atom stereocenters. The molecule has 0 heterocycles. The first kappa shape index (κ1) is 11.7. The predicted octanol–water partition coefficient (Wildman–Crippen LogP) is 0.569. The highest BCUT2D eigenvalue weighted by molar-refractivity contribution is 5.89. The smallest absolute Gasteiger partial charge is 0.335 e. The highest BCUT2D eigenvalue weighted by Crippen LogP contribution is 2.35. The van der Waals surface area contributed by atoms with E-state index in [4.69, 9.17) is 30.4 Å². The van der Waals surface area contributed by atoms with Crippen LogP contribution in [0.15, 0.2) is 12.1 Å². The Labute approximate surface area is 77.1 Å². The van der Waals surface area contributed by atoms with E-state index >= 15 is 0 Å². The van der Waals surface area contributed by atoms with Crippen molar-refractivity contribution in [2.45, 2.75) is 0 Å². The highest BCUT2D eigenvalue weighted by atomic mass is 16.7. The summed E-state index contributed by atoms with van der Waals surface area (Å²) in [5.74, 6) is -3.33. The van der Waals surface area contributed by atoms with Gasteiger partial charge in [0.1, 0.15) is 0 Å². The van der Waals surface area contributed by atoms with Crippen LogP contribution in [0.5, 0.6) is 17.2 Å². The third-order valence-corrected chi connectivity index (χ3v) is 1.32. The highest BCUT2D eigenvalue weighted by Gasteiger charge is 2.11. The van der Waals surface area contributed by atoms with Crippen molar-refractivity contribution in [3.05, 3.63) is 27.6 Å². The summed E-state index contributed by atoms with van der Waals surface area (Å²) in [6, 6.07) is 1.69. The van der Waals surface area contributed by atoms with Gasteiger partial charge in [-0.25, -0.2) is 4.79 Å². The summed E-state index contributed by atoms with van der Waals surface area (Å²) in [6.45, 7) is 0. The third kappa shape index (κ3) is 2.34. The minimum absolute atomic E-state index is 0.289. The Kier molecular flexibility index (Phi) is 3.88. The Morgan fingerprint density at radius 2 is 1.36 bits per heavy atom. The second kappa shape index (κ2) is 4.65. The molecule has 0 fully saturated rings. The molecule has 7 nitrogen and oxygen atoms in total. The molecule has 0 spiro atoms. The van der Waals surface area contributed by atoms with Gasteiger partial charge in [0.05, 0.1) is 5.56 Å². The molecule has 0 unspecified atom stereocenters. The molecule has 76 valence electrons. The molecule has 1 aromatic rings. The van der Waals surface area contributed by atoms with Crippen molar-refractivity contribution in [2.75, 3.05) is 0 Å². The average Bonchev–Trinajstić information content (AvgIpc) is 2.16. The fourth-order valence-electron chi connectivity index (χ4n) is 0.728. The van der Waals surface area contributed by atoms with Crippen LogP contribution in [-0.2, 0) is 0 Å². The lowest BCUT2D eigenvalue weighted by Gasteiger charge is -2.01. The van der Waals surface area contributed by atoms with Crippen molar-refractivity contribution in [2.24, 2.45) is 0 Å². The van der Waals surface area contributed by atoms with Crippen LogP contribution < -0.4 is 0 Å². The molecule has 0 aliphatic carbocycles. The van der Waals surface area contributed by atoms with Gasteiger partial charge in [0.25, 0.3) is 0 Å². The van der Waals surface area contributed by atoms with E-state index < -0.39 is 23.2 Å². The number of rotatable bonds is 1. The topological polar surface area (TPSA) is 132 Å². The van der Waals surface area contributed by atoms with Gasteiger partial charge in [0.15, 0.2) is 17.2 Å². The molecule has 0 aliphatic rings. The molecule has 0 radical (unpaired) electrons. The van der Waals surface area contributed by atoms with Gasteiger partial charge in [-0.1, -0.05) is 0 Å². The van der Waals surface area contributed by atoms with Crippen molar-refractivity contribution in [3.63, 3.8) is 0 Å². The van der Waals surface area contributed by atoms with E-state index in [2.05, 4.69) is 0 Å². The third-order valence-electron chi connectivity index (χ3n) is 1.32. The lowest BCUT2D eigenvalue weighted by molar-refractivity contribution is 0.0696. The standard InChI is InChI=1S/C7H6O5.O2/c8-4-1-3(7(11)12)2-5(9)6(4)10;1-2/h1-2,8-10H,(H,11,12);.